The summed E-state index contributed by atoms with van der Waals surface area (Å²) in [4.78, 5) is 18.8. The van der Waals surface area contributed by atoms with Crippen LogP contribution in [0.4, 0.5) is 17.6 Å². The van der Waals surface area contributed by atoms with Crippen LogP contribution in [0.5, 0.6) is 5.88 Å². The van der Waals surface area contributed by atoms with Gasteiger partial charge in [0.2, 0.25) is 5.88 Å². The molecular formula is C28H31ClF4N2O3. The zero-order valence-corrected chi connectivity index (χ0v) is 22.3. The van der Waals surface area contributed by atoms with Crippen molar-refractivity contribution in [1.82, 2.24) is 9.88 Å². The SMILES string of the molecule is CC(C)(C)OC(=O)c1cc(C2CC2)c(CN2C3CCC2CC(Oc2ncc(C(F)(F)F)cc2Cl)C3)cc1F. The number of carbonyl (C=O) groups excluding carboxylic acids is 1. The van der Waals surface area contributed by atoms with Crippen molar-refractivity contribution in [2.45, 2.75) is 102 Å². The number of carbonyl (C=O) groups is 1. The fourth-order valence-corrected chi connectivity index (χ4v) is 5.84. The van der Waals surface area contributed by atoms with Gasteiger partial charge in [0.05, 0.1) is 11.1 Å². The number of hydrogen-bond acceptors (Lipinski definition) is 5. The Labute approximate surface area is 224 Å². The molecule has 1 aromatic carbocycles. The van der Waals surface area contributed by atoms with Crippen LogP contribution in [0, 0.1) is 5.82 Å². The van der Waals surface area contributed by atoms with Crippen LogP contribution in [0.15, 0.2) is 24.4 Å². The van der Waals surface area contributed by atoms with Gasteiger partial charge in [0.1, 0.15) is 22.5 Å². The highest BCUT2D eigenvalue weighted by Crippen LogP contribution is 2.45. The van der Waals surface area contributed by atoms with Gasteiger partial charge in [-0.3, -0.25) is 4.90 Å². The lowest BCUT2D eigenvalue weighted by Gasteiger charge is -2.39. The van der Waals surface area contributed by atoms with E-state index in [1.54, 1.807) is 26.8 Å². The van der Waals surface area contributed by atoms with Crippen LogP contribution < -0.4 is 4.74 Å². The van der Waals surface area contributed by atoms with Gasteiger partial charge in [-0.2, -0.15) is 13.2 Å². The van der Waals surface area contributed by atoms with E-state index >= 15 is 4.39 Å². The number of piperidine rings is 1. The van der Waals surface area contributed by atoms with Crippen LogP contribution in [0.1, 0.15) is 92.3 Å². The molecule has 10 heteroatoms. The van der Waals surface area contributed by atoms with Gasteiger partial charge in [-0.25, -0.2) is 14.2 Å². The second-order valence-electron chi connectivity index (χ2n) is 11.6. The highest BCUT2D eigenvalue weighted by atomic mass is 35.5. The topological polar surface area (TPSA) is 51.7 Å². The summed E-state index contributed by atoms with van der Waals surface area (Å²) in [6, 6.07) is 4.37. The van der Waals surface area contributed by atoms with Crippen LogP contribution >= 0.6 is 11.6 Å². The quantitative estimate of drug-likeness (QED) is 0.277. The number of nitrogens with zero attached hydrogens (tertiary/aromatic N) is 2. The molecular weight excluding hydrogens is 524 g/mol. The summed E-state index contributed by atoms with van der Waals surface area (Å²) in [5, 5.41) is -0.163. The number of esters is 1. The minimum atomic E-state index is -4.52. The molecule has 5 rings (SSSR count). The smallest absolute Gasteiger partial charge is 0.417 e. The van der Waals surface area contributed by atoms with Crippen LogP contribution in [0.2, 0.25) is 5.02 Å². The molecule has 2 unspecified atom stereocenters. The van der Waals surface area contributed by atoms with Crippen LogP contribution in [0.3, 0.4) is 0 Å². The lowest BCUT2D eigenvalue weighted by molar-refractivity contribution is -0.137. The molecule has 38 heavy (non-hydrogen) atoms. The highest BCUT2D eigenvalue weighted by molar-refractivity contribution is 6.31. The van der Waals surface area contributed by atoms with Gasteiger partial charge >= 0.3 is 12.1 Å². The van der Waals surface area contributed by atoms with Crippen molar-refractivity contribution in [2.24, 2.45) is 0 Å². The maximum absolute atomic E-state index is 15.1. The molecule has 1 saturated carbocycles. The molecule has 3 heterocycles. The van der Waals surface area contributed by atoms with E-state index in [9.17, 15) is 18.0 Å². The molecule has 206 valence electrons. The fourth-order valence-electron chi connectivity index (χ4n) is 5.63. The zero-order chi connectivity index (χ0) is 27.4. The molecule has 5 nitrogen and oxygen atoms in total. The molecule has 0 N–H and O–H groups in total. The fraction of sp³-hybridized carbons (Fsp3) is 0.571. The standard InChI is InChI=1S/C28H31ClF4N2O3/c1-27(2,3)38-26(36)22-12-21(15-4-5-15)16(8-24(22)30)14-35-18-6-7-19(35)11-20(10-18)37-25-23(29)9-17(13-34-25)28(31,32)33/h8-9,12-13,15,18-20H,4-7,10-11,14H2,1-3H3. The van der Waals surface area contributed by atoms with E-state index in [4.69, 9.17) is 21.1 Å². The summed E-state index contributed by atoms with van der Waals surface area (Å²) in [5.41, 5.74) is 0.239. The monoisotopic (exact) mass is 554 g/mol. The first-order chi connectivity index (χ1) is 17.8. The summed E-state index contributed by atoms with van der Waals surface area (Å²) < 4.78 is 65.3. The third-order valence-corrected chi connectivity index (χ3v) is 7.74. The summed E-state index contributed by atoms with van der Waals surface area (Å²) in [5.74, 6) is -0.907. The lowest BCUT2D eigenvalue weighted by atomic mass is 9.95. The zero-order valence-electron chi connectivity index (χ0n) is 21.6. The van der Waals surface area contributed by atoms with Crippen LogP contribution in [0.25, 0.3) is 0 Å². The summed E-state index contributed by atoms with van der Waals surface area (Å²) in [6.07, 6.45) is 1.26. The normalized spacial score (nSPS) is 23.9. The van der Waals surface area contributed by atoms with Gasteiger partial charge in [-0.15, -0.1) is 0 Å². The van der Waals surface area contributed by atoms with E-state index in [0.717, 1.165) is 49.1 Å². The van der Waals surface area contributed by atoms with E-state index in [0.29, 0.717) is 25.3 Å². The Bertz CT molecular complexity index is 1210. The average Bonchev–Trinajstić information content (AvgIpc) is 3.60. The molecule has 2 bridgehead atoms. The Morgan fingerprint density at radius 2 is 1.74 bits per heavy atom. The minimum absolute atomic E-state index is 0.00772. The second-order valence-corrected chi connectivity index (χ2v) is 12.0. The van der Waals surface area contributed by atoms with E-state index in [2.05, 4.69) is 9.88 Å². The largest absolute Gasteiger partial charge is 0.473 e. The maximum atomic E-state index is 15.1. The number of ether oxygens (including phenoxy) is 2. The first-order valence-electron chi connectivity index (χ1n) is 13.0. The molecule has 0 amide bonds. The number of rotatable bonds is 6. The van der Waals surface area contributed by atoms with E-state index in [-0.39, 0.29) is 34.7 Å². The molecule has 3 fully saturated rings. The Morgan fingerprint density at radius 3 is 2.29 bits per heavy atom. The molecule has 2 aliphatic heterocycles. The van der Waals surface area contributed by atoms with Crippen molar-refractivity contribution in [3.8, 4) is 5.88 Å². The number of halogens is 5. The molecule has 3 aliphatic rings. The van der Waals surface area contributed by atoms with Crippen molar-refractivity contribution >= 4 is 17.6 Å². The number of fused-ring (bicyclic) bond motifs is 2. The van der Waals surface area contributed by atoms with Gasteiger partial charge in [0.15, 0.2) is 0 Å². The Hall–Kier alpha value is -2.39. The molecule has 1 aliphatic carbocycles. The molecule has 1 aromatic heterocycles. The van der Waals surface area contributed by atoms with Crippen molar-refractivity contribution in [3.05, 3.63) is 57.5 Å². The van der Waals surface area contributed by atoms with Gasteiger partial charge in [0, 0.05) is 24.8 Å². The summed E-state index contributed by atoms with van der Waals surface area (Å²) >= 11 is 6.05. The molecule has 2 aromatic rings. The van der Waals surface area contributed by atoms with E-state index < -0.39 is 29.1 Å². The first kappa shape index (κ1) is 27.2. The predicted molar refractivity (Wildman–Crippen MR) is 134 cm³/mol. The third-order valence-electron chi connectivity index (χ3n) is 7.47. The highest BCUT2D eigenvalue weighted by Gasteiger charge is 2.43. The maximum Gasteiger partial charge on any atom is 0.417 e. The number of alkyl halides is 3. The summed E-state index contributed by atoms with van der Waals surface area (Å²) in [7, 11) is 0. The van der Waals surface area contributed by atoms with Crippen LogP contribution in [-0.2, 0) is 17.5 Å². The predicted octanol–water partition coefficient (Wildman–Crippen LogP) is 7.30. The van der Waals surface area contributed by atoms with Gasteiger partial charge in [-0.1, -0.05) is 11.6 Å². The van der Waals surface area contributed by atoms with E-state index in [1.165, 1.54) is 6.07 Å². The Balaban J connectivity index is 1.29. The third kappa shape index (κ3) is 5.93. The van der Waals surface area contributed by atoms with Gasteiger partial charge < -0.3 is 9.47 Å². The van der Waals surface area contributed by atoms with Crippen LogP contribution in [-0.4, -0.2) is 39.6 Å². The molecule has 0 spiro atoms. The number of benzene rings is 1. The Morgan fingerprint density at radius 1 is 1.08 bits per heavy atom. The lowest BCUT2D eigenvalue weighted by Crippen LogP contribution is -2.46. The van der Waals surface area contributed by atoms with E-state index in [1.807, 2.05) is 0 Å². The second kappa shape index (κ2) is 9.97. The molecule has 2 saturated heterocycles. The van der Waals surface area contributed by atoms with Crippen molar-refractivity contribution in [2.75, 3.05) is 0 Å². The number of pyridine rings is 1. The van der Waals surface area contributed by atoms with Crippen molar-refractivity contribution in [1.29, 1.82) is 0 Å². The minimum Gasteiger partial charge on any atom is -0.473 e. The van der Waals surface area contributed by atoms with Crippen molar-refractivity contribution < 1.29 is 31.8 Å². The molecule has 2 atom stereocenters. The summed E-state index contributed by atoms with van der Waals surface area (Å²) in [6.45, 7) is 5.83. The van der Waals surface area contributed by atoms with Gasteiger partial charge in [-0.05, 0) is 94.5 Å². The van der Waals surface area contributed by atoms with Crippen molar-refractivity contribution in [3.63, 3.8) is 0 Å². The Kier molecular flexibility index (Phi) is 7.14. The average molecular weight is 555 g/mol. The number of hydrogen-bond donors (Lipinski definition) is 0. The number of aromatic nitrogens is 1. The van der Waals surface area contributed by atoms with Gasteiger partial charge in [0.25, 0.3) is 0 Å². The first-order valence-corrected chi connectivity index (χ1v) is 13.4. The molecule has 0 radical (unpaired) electrons.